The van der Waals surface area contributed by atoms with Gasteiger partial charge in [0.05, 0.1) is 11.1 Å². The van der Waals surface area contributed by atoms with Crippen LogP contribution in [-0.4, -0.2) is 0 Å². The summed E-state index contributed by atoms with van der Waals surface area (Å²) in [5, 5.41) is 0.816. The first kappa shape index (κ1) is 22.9. The molecule has 0 saturated heterocycles. The molecule has 0 spiro atoms. The number of aryl methyl sites for hydroxylation is 3. The monoisotopic (exact) mass is 458 g/mol. The summed E-state index contributed by atoms with van der Waals surface area (Å²) in [6.45, 7) is 1.81. The van der Waals surface area contributed by atoms with E-state index in [9.17, 15) is 22.0 Å². The van der Waals surface area contributed by atoms with Gasteiger partial charge in [-0.25, -0.2) is 13.2 Å². The van der Waals surface area contributed by atoms with Gasteiger partial charge in [-0.1, -0.05) is 43.3 Å². The average Bonchev–Trinajstić information content (AvgIpc) is 2.78. The molecule has 0 aliphatic carbocycles. The van der Waals surface area contributed by atoms with Crippen LogP contribution in [0, 0.1) is 17.5 Å². The van der Waals surface area contributed by atoms with Gasteiger partial charge in [0.2, 0.25) is 0 Å². The molecule has 4 rings (SSSR count). The molecule has 0 aliphatic heterocycles. The Morgan fingerprint density at radius 1 is 0.697 bits per heavy atom. The van der Waals surface area contributed by atoms with Crippen LogP contribution in [0.15, 0.2) is 66.7 Å². The first-order valence-corrected chi connectivity index (χ1v) is 10.5. The molecule has 0 fully saturated rings. The molecule has 0 amide bonds. The van der Waals surface area contributed by atoms with Gasteiger partial charge in [0.1, 0.15) is 17.5 Å². The second-order valence-electron chi connectivity index (χ2n) is 7.96. The van der Waals surface area contributed by atoms with Crippen LogP contribution < -0.4 is 0 Å². The Bertz CT molecular complexity index is 1280. The maximum absolute atomic E-state index is 15.1. The molecule has 0 aromatic heterocycles. The second-order valence-corrected chi connectivity index (χ2v) is 7.96. The highest BCUT2D eigenvalue weighted by atomic mass is 19.4. The molecular weight excluding hydrogens is 438 g/mol. The van der Waals surface area contributed by atoms with Crippen molar-refractivity contribution in [2.75, 3.05) is 0 Å². The van der Waals surface area contributed by atoms with E-state index in [0.717, 1.165) is 12.1 Å². The van der Waals surface area contributed by atoms with Crippen LogP contribution in [-0.2, 0) is 25.4 Å². The lowest BCUT2D eigenvalue weighted by atomic mass is 9.96. The zero-order chi connectivity index (χ0) is 23.8. The predicted molar refractivity (Wildman–Crippen MR) is 117 cm³/mol. The van der Waals surface area contributed by atoms with E-state index < -0.39 is 29.2 Å². The Hall–Kier alpha value is -3.28. The molecule has 0 bridgehead atoms. The van der Waals surface area contributed by atoms with Crippen molar-refractivity contribution in [3.8, 4) is 11.1 Å². The van der Waals surface area contributed by atoms with E-state index in [1.54, 1.807) is 18.2 Å². The summed E-state index contributed by atoms with van der Waals surface area (Å²) in [5.74, 6) is -1.78. The summed E-state index contributed by atoms with van der Waals surface area (Å²) in [4.78, 5) is 0. The fourth-order valence-electron chi connectivity index (χ4n) is 3.93. The molecule has 0 aliphatic rings. The van der Waals surface area contributed by atoms with E-state index in [4.69, 9.17) is 0 Å². The Morgan fingerprint density at radius 2 is 1.36 bits per heavy atom. The van der Waals surface area contributed by atoms with Crippen molar-refractivity contribution >= 4 is 10.8 Å². The quantitative estimate of drug-likeness (QED) is 0.264. The van der Waals surface area contributed by atoms with E-state index >= 15 is 4.39 Å². The molecule has 0 radical (unpaired) electrons. The van der Waals surface area contributed by atoms with Crippen LogP contribution in [0.1, 0.15) is 29.2 Å². The van der Waals surface area contributed by atoms with Crippen molar-refractivity contribution in [1.82, 2.24) is 0 Å². The first-order valence-electron chi connectivity index (χ1n) is 10.5. The molecule has 170 valence electrons. The summed E-state index contributed by atoms with van der Waals surface area (Å²) < 4.78 is 82.2. The molecule has 4 aromatic carbocycles. The fourth-order valence-corrected chi connectivity index (χ4v) is 3.93. The summed E-state index contributed by atoms with van der Waals surface area (Å²) in [6, 6.07) is 15.2. The standard InChI is InChI=1S/C27H20F6/c1-2-16-13-23(28)25(24(29)14-16)20-9-12-22-19(15-20)8-7-18(26(22)30)6-3-17-4-10-21(11-5-17)27(31,32)33/h4-5,7-15H,2-3,6H2,1H3. The molecule has 0 heterocycles. The molecule has 4 aromatic rings. The number of alkyl halides is 3. The fraction of sp³-hybridized carbons (Fsp3) is 0.185. The summed E-state index contributed by atoms with van der Waals surface area (Å²) >= 11 is 0. The van der Waals surface area contributed by atoms with E-state index in [0.29, 0.717) is 52.3 Å². The molecule has 33 heavy (non-hydrogen) atoms. The molecule has 0 nitrogen and oxygen atoms in total. The van der Waals surface area contributed by atoms with Gasteiger partial charge in [0.15, 0.2) is 0 Å². The van der Waals surface area contributed by atoms with Crippen molar-refractivity contribution in [3.05, 3.63) is 106 Å². The van der Waals surface area contributed by atoms with Gasteiger partial charge in [-0.15, -0.1) is 0 Å². The maximum atomic E-state index is 15.1. The highest BCUT2D eigenvalue weighted by Crippen LogP contribution is 2.32. The average molecular weight is 458 g/mol. The number of fused-ring (bicyclic) bond motifs is 1. The van der Waals surface area contributed by atoms with E-state index in [1.165, 1.54) is 36.4 Å². The lowest BCUT2D eigenvalue weighted by Gasteiger charge is -2.11. The van der Waals surface area contributed by atoms with E-state index in [2.05, 4.69) is 0 Å². The van der Waals surface area contributed by atoms with Crippen molar-refractivity contribution in [1.29, 1.82) is 0 Å². The third-order valence-corrected chi connectivity index (χ3v) is 5.80. The predicted octanol–water partition coefficient (Wildman–Crippen LogP) is 8.29. The lowest BCUT2D eigenvalue weighted by Crippen LogP contribution is -2.04. The number of hydrogen-bond donors (Lipinski definition) is 0. The molecule has 6 heteroatoms. The van der Waals surface area contributed by atoms with Crippen LogP contribution in [0.2, 0.25) is 0 Å². The highest BCUT2D eigenvalue weighted by Gasteiger charge is 2.29. The van der Waals surface area contributed by atoms with Gasteiger partial charge in [-0.2, -0.15) is 13.2 Å². The molecule has 0 atom stereocenters. The highest BCUT2D eigenvalue weighted by molar-refractivity contribution is 5.88. The van der Waals surface area contributed by atoms with Crippen LogP contribution in [0.5, 0.6) is 0 Å². The first-order chi connectivity index (χ1) is 15.7. The molecule has 0 unspecified atom stereocenters. The zero-order valence-corrected chi connectivity index (χ0v) is 17.7. The summed E-state index contributed by atoms with van der Waals surface area (Å²) in [6.07, 6.45) is -3.21. The van der Waals surface area contributed by atoms with Gasteiger partial charge in [-0.05, 0) is 77.2 Å². The van der Waals surface area contributed by atoms with Gasteiger partial charge in [0.25, 0.3) is 0 Å². The van der Waals surface area contributed by atoms with Crippen LogP contribution >= 0.6 is 0 Å². The minimum absolute atomic E-state index is 0.152. The van der Waals surface area contributed by atoms with Crippen LogP contribution in [0.3, 0.4) is 0 Å². The molecule has 0 N–H and O–H groups in total. The van der Waals surface area contributed by atoms with E-state index in [1.807, 2.05) is 6.92 Å². The maximum Gasteiger partial charge on any atom is 0.416 e. The second kappa shape index (κ2) is 8.93. The van der Waals surface area contributed by atoms with Crippen LogP contribution in [0.25, 0.3) is 21.9 Å². The Kier molecular flexibility index (Phi) is 6.19. The third-order valence-electron chi connectivity index (χ3n) is 5.80. The minimum Gasteiger partial charge on any atom is -0.206 e. The van der Waals surface area contributed by atoms with Crippen LogP contribution in [0.4, 0.5) is 26.3 Å². The number of rotatable bonds is 5. The minimum atomic E-state index is -4.40. The van der Waals surface area contributed by atoms with E-state index in [-0.39, 0.29) is 5.56 Å². The van der Waals surface area contributed by atoms with Gasteiger partial charge >= 0.3 is 6.18 Å². The Morgan fingerprint density at radius 3 is 1.97 bits per heavy atom. The number of hydrogen-bond acceptors (Lipinski definition) is 0. The molecule has 0 saturated carbocycles. The summed E-state index contributed by atoms with van der Waals surface area (Å²) in [5.41, 5.74) is 1.08. The van der Waals surface area contributed by atoms with Crippen molar-refractivity contribution in [2.45, 2.75) is 32.4 Å². The van der Waals surface area contributed by atoms with Crippen molar-refractivity contribution < 1.29 is 26.3 Å². The normalized spacial score (nSPS) is 11.8. The molecular formula is C27H20F6. The number of benzene rings is 4. The number of halogens is 6. The summed E-state index contributed by atoms with van der Waals surface area (Å²) in [7, 11) is 0. The van der Waals surface area contributed by atoms with Gasteiger partial charge in [-0.3, -0.25) is 0 Å². The van der Waals surface area contributed by atoms with Gasteiger partial charge < -0.3 is 0 Å². The topological polar surface area (TPSA) is 0 Å². The Balaban J connectivity index is 1.59. The SMILES string of the molecule is CCc1cc(F)c(-c2ccc3c(F)c(CCc4ccc(C(F)(F)F)cc4)ccc3c2)c(F)c1. The Labute approximate surface area is 187 Å². The third kappa shape index (κ3) is 4.75. The van der Waals surface area contributed by atoms with Crippen molar-refractivity contribution in [3.63, 3.8) is 0 Å². The largest absolute Gasteiger partial charge is 0.416 e. The smallest absolute Gasteiger partial charge is 0.206 e. The van der Waals surface area contributed by atoms with Crippen molar-refractivity contribution in [2.24, 2.45) is 0 Å². The van der Waals surface area contributed by atoms with Gasteiger partial charge in [0, 0.05) is 5.39 Å². The zero-order valence-electron chi connectivity index (χ0n) is 17.7. The lowest BCUT2D eigenvalue weighted by molar-refractivity contribution is -0.137.